The minimum Gasteiger partial charge on any atom is -0.324 e. The Morgan fingerprint density at radius 2 is 1.80 bits per heavy atom. The topological polar surface area (TPSA) is 76.9 Å². The van der Waals surface area contributed by atoms with Crippen LogP contribution in [0.25, 0.3) is 11.3 Å². The first-order valence-corrected chi connectivity index (χ1v) is 8.00. The van der Waals surface area contributed by atoms with Gasteiger partial charge in [0.05, 0.1) is 11.9 Å². The van der Waals surface area contributed by atoms with Crippen molar-refractivity contribution >= 4 is 23.2 Å². The van der Waals surface area contributed by atoms with E-state index in [1.807, 2.05) is 30.3 Å². The van der Waals surface area contributed by atoms with Crippen molar-refractivity contribution in [2.45, 2.75) is 13.0 Å². The van der Waals surface area contributed by atoms with Crippen LogP contribution in [0.15, 0.2) is 65.6 Å². The SMILES string of the molecule is C[C@@H](C(=O)Nc1ccc(Cl)cc1)n1ncc(-c2ccccc2)nc1=O. The quantitative estimate of drug-likeness (QED) is 0.780. The highest BCUT2D eigenvalue weighted by Gasteiger charge is 2.18. The maximum atomic E-state index is 12.3. The molecule has 3 aromatic rings. The van der Waals surface area contributed by atoms with Crippen LogP contribution < -0.4 is 11.0 Å². The van der Waals surface area contributed by atoms with Crippen molar-refractivity contribution in [1.82, 2.24) is 14.8 Å². The molecule has 0 unspecified atom stereocenters. The largest absolute Gasteiger partial charge is 0.365 e. The lowest BCUT2D eigenvalue weighted by Crippen LogP contribution is -2.34. The van der Waals surface area contributed by atoms with Crippen molar-refractivity contribution in [3.8, 4) is 11.3 Å². The first kappa shape index (κ1) is 16.9. The number of hydrogen-bond acceptors (Lipinski definition) is 4. The molecule has 1 heterocycles. The minimum atomic E-state index is -0.805. The molecular weight excluding hydrogens is 340 g/mol. The van der Waals surface area contributed by atoms with Gasteiger partial charge >= 0.3 is 5.69 Å². The van der Waals surface area contributed by atoms with Gasteiger partial charge in [-0.25, -0.2) is 9.48 Å². The average Bonchev–Trinajstić information content (AvgIpc) is 2.63. The summed E-state index contributed by atoms with van der Waals surface area (Å²) in [5.74, 6) is -0.369. The second-order valence-corrected chi connectivity index (χ2v) is 5.84. The van der Waals surface area contributed by atoms with E-state index in [1.54, 1.807) is 31.2 Å². The molecule has 126 valence electrons. The lowest BCUT2D eigenvalue weighted by atomic mass is 10.2. The first-order chi connectivity index (χ1) is 12.0. The second kappa shape index (κ2) is 7.27. The number of rotatable bonds is 4. The summed E-state index contributed by atoms with van der Waals surface area (Å²) < 4.78 is 1.05. The maximum Gasteiger partial charge on any atom is 0.365 e. The molecule has 0 spiro atoms. The highest BCUT2D eigenvalue weighted by atomic mass is 35.5. The molecule has 0 aliphatic heterocycles. The Labute approximate surface area is 149 Å². The van der Waals surface area contributed by atoms with Gasteiger partial charge in [-0.1, -0.05) is 41.9 Å². The zero-order valence-electron chi connectivity index (χ0n) is 13.4. The Morgan fingerprint density at radius 1 is 1.12 bits per heavy atom. The van der Waals surface area contributed by atoms with E-state index in [9.17, 15) is 9.59 Å². The van der Waals surface area contributed by atoms with Gasteiger partial charge in [-0.05, 0) is 31.2 Å². The van der Waals surface area contributed by atoms with E-state index in [-0.39, 0.29) is 5.91 Å². The van der Waals surface area contributed by atoms with Crippen molar-refractivity contribution < 1.29 is 4.79 Å². The Bertz CT molecular complexity index is 939. The molecule has 0 aliphatic rings. The number of anilines is 1. The van der Waals surface area contributed by atoms with Gasteiger partial charge in [0.1, 0.15) is 6.04 Å². The van der Waals surface area contributed by atoms with E-state index in [4.69, 9.17) is 11.6 Å². The van der Waals surface area contributed by atoms with E-state index in [2.05, 4.69) is 15.4 Å². The number of amides is 1. The van der Waals surface area contributed by atoms with Crippen molar-refractivity contribution in [2.75, 3.05) is 5.32 Å². The highest BCUT2D eigenvalue weighted by molar-refractivity contribution is 6.30. The molecule has 2 aromatic carbocycles. The summed E-state index contributed by atoms with van der Waals surface area (Å²) >= 11 is 5.82. The van der Waals surface area contributed by atoms with Crippen LogP contribution >= 0.6 is 11.6 Å². The van der Waals surface area contributed by atoms with Gasteiger partial charge in [0.25, 0.3) is 0 Å². The van der Waals surface area contributed by atoms with Crippen LogP contribution in [0.5, 0.6) is 0 Å². The van der Waals surface area contributed by atoms with Crippen LogP contribution in [0.2, 0.25) is 5.02 Å². The van der Waals surface area contributed by atoms with Gasteiger partial charge in [-0.3, -0.25) is 4.79 Å². The van der Waals surface area contributed by atoms with Crippen LogP contribution in [0.1, 0.15) is 13.0 Å². The first-order valence-electron chi connectivity index (χ1n) is 7.62. The number of aromatic nitrogens is 3. The number of carbonyl (C=O) groups is 1. The number of hydrogen-bond donors (Lipinski definition) is 1. The van der Waals surface area contributed by atoms with Crippen LogP contribution in [-0.4, -0.2) is 20.7 Å². The smallest absolute Gasteiger partial charge is 0.324 e. The molecule has 0 saturated heterocycles. The fourth-order valence-electron chi connectivity index (χ4n) is 2.25. The van der Waals surface area contributed by atoms with Crippen LogP contribution in [0, 0.1) is 0 Å². The Kier molecular flexibility index (Phi) is 4.90. The molecule has 6 nitrogen and oxygen atoms in total. The minimum absolute atomic E-state index is 0.369. The van der Waals surface area contributed by atoms with E-state index in [1.165, 1.54) is 6.20 Å². The molecule has 3 rings (SSSR count). The zero-order valence-corrected chi connectivity index (χ0v) is 14.1. The monoisotopic (exact) mass is 354 g/mol. The van der Waals surface area contributed by atoms with Gasteiger partial charge in [0.15, 0.2) is 0 Å². The average molecular weight is 355 g/mol. The Balaban J connectivity index is 1.80. The van der Waals surface area contributed by atoms with E-state index < -0.39 is 11.7 Å². The summed E-state index contributed by atoms with van der Waals surface area (Å²) in [6.07, 6.45) is 1.48. The molecule has 1 N–H and O–H groups in total. The van der Waals surface area contributed by atoms with Gasteiger partial charge in [-0.2, -0.15) is 10.1 Å². The van der Waals surface area contributed by atoms with Crippen LogP contribution in [-0.2, 0) is 4.79 Å². The van der Waals surface area contributed by atoms with Gasteiger partial charge in [-0.15, -0.1) is 0 Å². The fourth-order valence-corrected chi connectivity index (χ4v) is 2.38. The van der Waals surface area contributed by atoms with Gasteiger partial charge < -0.3 is 5.32 Å². The van der Waals surface area contributed by atoms with E-state index in [0.717, 1.165) is 10.2 Å². The standard InChI is InChI=1S/C18H15ClN4O2/c1-12(17(24)21-15-9-7-14(19)8-10-15)23-18(25)22-16(11-20-23)13-5-3-2-4-6-13/h2-12H,1H3,(H,21,24)/t12-/m0/s1. The molecule has 1 atom stereocenters. The van der Waals surface area contributed by atoms with Crippen LogP contribution in [0.4, 0.5) is 5.69 Å². The molecule has 1 aromatic heterocycles. The van der Waals surface area contributed by atoms with Gasteiger partial charge in [0.2, 0.25) is 5.91 Å². The number of carbonyl (C=O) groups excluding carboxylic acids is 1. The summed E-state index contributed by atoms with van der Waals surface area (Å²) in [5, 5.41) is 7.38. The summed E-state index contributed by atoms with van der Waals surface area (Å²) in [6, 6.07) is 15.1. The molecule has 0 fully saturated rings. The maximum absolute atomic E-state index is 12.3. The summed E-state index contributed by atoms with van der Waals surface area (Å²) in [5.41, 5.74) is 1.26. The normalized spacial score (nSPS) is 11.8. The van der Waals surface area contributed by atoms with E-state index >= 15 is 0 Å². The lowest BCUT2D eigenvalue weighted by Gasteiger charge is -2.13. The van der Waals surface area contributed by atoms with E-state index in [0.29, 0.717) is 16.4 Å². The molecule has 0 radical (unpaired) electrons. The number of nitrogens with zero attached hydrogens (tertiary/aromatic N) is 3. The Hall–Kier alpha value is -2.99. The number of halogens is 1. The summed E-state index contributed by atoms with van der Waals surface area (Å²) in [6.45, 7) is 1.59. The predicted molar refractivity (Wildman–Crippen MR) is 96.5 cm³/mol. The fraction of sp³-hybridized carbons (Fsp3) is 0.111. The summed E-state index contributed by atoms with van der Waals surface area (Å²) in [7, 11) is 0. The van der Waals surface area contributed by atoms with Crippen molar-refractivity contribution in [3.63, 3.8) is 0 Å². The van der Waals surface area contributed by atoms with Crippen molar-refractivity contribution in [1.29, 1.82) is 0 Å². The number of benzene rings is 2. The highest BCUT2D eigenvalue weighted by Crippen LogP contribution is 2.16. The third-order valence-electron chi connectivity index (χ3n) is 3.64. The van der Waals surface area contributed by atoms with Crippen molar-refractivity contribution in [3.05, 3.63) is 76.3 Å². The Morgan fingerprint density at radius 3 is 2.44 bits per heavy atom. The lowest BCUT2D eigenvalue weighted by molar-refractivity contribution is -0.119. The third kappa shape index (κ3) is 3.92. The zero-order chi connectivity index (χ0) is 17.8. The molecule has 7 heteroatoms. The molecule has 25 heavy (non-hydrogen) atoms. The third-order valence-corrected chi connectivity index (χ3v) is 3.90. The predicted octanol–water partition coefficient (Wildman–Crippen LogP) is 3.16. The van der Waals surface area contributed by atoms with Gasteiger partial charge in [0, 0.05) is 16.3 Å². The summed E-state index contributed by atoms with van der Waals surface area (Å²) in [4.78, 5) is 28.6. The molecule has 1 amide bonds. The molecular formula is C18H15ClN4O2. The number of nitrogens with one attached hydrogen (secondary N) is 1. The molecule has 0 bridgehead atoms. The van der Waals surface area contributed by atoms with Crippen molar-refractivity contribution in [2.24, 2.45) is 0 Å². The molecule has 0 saturated carbocycles. The second-order valence-electron chi connectivity index (χ2n) is 5.41. The molecule has 0 aliphatic carbocycles. The van der Waals surface area contributed by atoms with Crippen LogP contribution in [0.3, 0.4) is 0 Å².